The maximum absolute atomic E-state index is 11.3. The molecular weight excluding hydrogens is 474 g/mol. The van der Waals surface area contributed by atoms with Gasteiger partial charge in [0.2, 0.25) is 0 Å². The molecule has 1 aromatic carbocycles. The summed E-state index contributed by atoms with van der Waals surface area (Å²) in [4.78, 5) is 44.3. The van der Waals surface area contributed by atoms with E-state index in [9.17, 15) is 19.2 Å². The summed E-state index contributed by atoms with van der Waals surface area (Å²) >= 11 is 0. The van der Waals surface area contributed by atoms with Gasteiger partial charge in [0.25, 0.3) is 11.8 Å². The number of carboxylic acids is 1. The van der Waals surface area contributed by atoms with Gasteiger partial charge in [-0.05, 0) is 32.3 Å². The van der Waals surface area contributed by atoms with Gasteiger partial charge in [-0.2, -0.15) is 0 Å². The van der Waals surface area contributed by atoms with Crippen LogP contribution in [0.3, 0.4) is 0 Å². The summed E-state index contributed by atoms with van der Waals surface area (Å²) in [5.41, 5.74) is 1.78. The Hall–Kier alpha value is -3.78. The Balaban J connectivity index is 0.000000257. The first kappa shape index (κ1) is 31.3. The molecule has 2 amide bonds. The number of carbonyl (C=O) groups is 4. The average Bonchev–Trinajstić information content (AvgIpc) is 3.67. The first-order chi connectivity index (χ1) is 17.6. The fourth-order valence-corrected chi connectivity index (χ4v) is 3.16. The minimum absolute atomic E-state index is 0.128. The van der Waals surface area contributed by atoms with E-state index in [1.807, 2.05) is 36.4 Å². The average molecular weight is 512 g/mol. The predicted octanol–water partition coefficient (Wildman–Crippen LogP) is 4.73. The van der Waals surface area contributed by atoms with Crippen LogP contribution in [0.5, 0.6) is 0 Å². The predicted molar refractivity (Wildman–Crippen MR) is 142 cm³/mol. The molecule has 8 nitrogen and oxygen atoms in total. The molecule has 1 unspecified atom stereocenters. The van der Waals surface area contributed by atoms with Crippen molar-refractivity contribution in [1.29, 1.82) is 0 Å². The smallest absolute Gasteiger partial charge is 0.333 e. The lowest BCUT2D eigenvalue weighted by atomic mass is 9.94. The zero-order valence-electron chi connectivity index (χ0n) is 21.7. The molecule has 0 aromatic heterocycles. The number of epoxide rings is 1. The van der Waals surface area contributed by atoms with Crippen molar-refractivity contribution in [3.8, 4) is 0 Å². The van der Waals surface area contributed by atoms with Gasteiger partial charge in [-0.25, -0.2) is 9.59 Å². The number of rotatable bonds is 6. The van der Waals surface area contributed by atoms with Gasteiger partial charge in [0.1, 0.15) is 12.7 Å². The van der Waals surface area contributed by atoms with Crippen molar-refractivity contribution in [3.05, 3.63) is 78.9 Å². The van der Waals surface area contributed by atoms with Crippen LogP contribution in [0, 0.1) is 0 Å². The summed E-state index contributed by atoms with van der Waals surface area (Å²) in [7, 11) is 0. The van der Waals surface area contributed by atoms with Crippen molar-refractivity contribution in [2.24, 2.45) is 0 Å². The van der Waals surface area contributed by atoms with Crippen LogP contribution in [0.2, 0.25) is 0 Å². The third kappa shape index (κ3) is 13.2. The fraction of sp³-hybridized carbons (Fsp3) is 0.379. The number of carbonyl (C=O) groups excluding carboxylic acids is 3. The molecule has 8 heteroatoms. The summed E-state index contributed by atoms with van der Waals surface area (Å²) in [6, 6.07) is 10.2. The van der Waals surface area contributed by atoms with Crippen molar-refractivity contribution in [2.75, 3.05) is 13.2 Å². The lowest BCUT2D eigenvalue weighted by Crippen LogP contribution is -2.41. The Morgan fingerprint density at radius 2 is 1.54 bits per heavy atom. The Labute approximate surface area is 218 Å². The van der Waals surface area contributed by atoms with Crippen molar-refractivity contribution in [1.82, 2.24) is 4.90 Å². The van der Waals surface area contributed by atoms with E-state index >= 15 is 0 Å². The van der Waals surface area contributed by atoms with E-state index in [0.717, 1.165) is 25.7 Å². The molecule has 1 saturated heterocycles. The van der Waals surface area contributed by atoms with Crippen LogP contribution in [-0.2, 0) is 28.7 Å². The third-order valence-electron chi connectivity index (χ3n) is 5.33. The Bertz CT molecular complexity index is 957. The largest absolute Gasteiger partial charge is 0.478 e. The van der Waals surface area contributed by atoms with Gasteiger partial charge in [-0.15, -0.1) is 0 Å². The first-order valence-electron chi connectivity index (χ1n) is 12.1. The van der Waals surface area contributed by atoms with Gasteiger partial charge >= 0.3 is 11.9 Å². The molecule has 3 aliphatic rings. The molecule has 1 saturated carbocycles. The summed E-state index contributed by atoms with van der Waals surface area (Å²) in [6.45, 7) is 14.4. The first-order valence-corrected chi connectivity index (χ1v) is 12.1. The number of imide groups is 1. The van der Waals surface area contributed by atoms with Crippen molar-refractivity contribution < 1.29 is 33.8 Å². The van der Waals surface area contributed by atoms with Crippen LogP contribution in [0.15, 0.2) is 73.4 Å². The number of esters is 1. The molecule has 0 bridgehead atoms. The van der Waals surface area contributed by atoms with Crippen LogP contribution >= 0.6 is 0 Å². The van der Waals surface area contributed by atoms with Gasteiger partial charge in [0.05, 0.1) is 6.61 Å². The van der Waals surface area contributed by atoms with Crippen LogP contribution in [0.1, 0.15) is 51.5 Å². The fourth-order valence-electron chi connectivity index (χ4n) is 3.16. The molecule has 0 radical (unpaired) electrons. The second-order valence-electron chi connectivity index (χ2n) is 8.71. The number of ether oxygens (including phenoxy) is 2. The Morgan fingerprint density at radius 3 is 1.92 bits per heavy atom. The zero-order chi connectivity index (χ0) is 27.8. The topological polar surface area (TPSA) is 114 Å². The summed E-state index contributed by atoms with van der Waals surface area (Å²) in [5, 5.41) is 7.89. The number of nitrogens with zero attached hydrogens (tertiary/aromatic N) is 1. The molecule has 1 N–H and O–H groups in total. The highest BCUT2D eigenvalue weighted by Crippen LogP contribution is 2.24. The second-order valence-corrected chi connectivity index (χ2v) is 8.71. The maximum atomic E-state index is 11.3. The van der Waals surface area contributed by atoms with Crippen molar-refractivity contribution in [3.63, 3.8) is 0 Å². The van der Waals surface area contributed by atoms with E-state index in [-0.39, 0.29) is 35.5 Å². The number of aliphatic carboxylic acids is 1. The summed E-state index contributed by atoms with van der Waals surface area (Å²) < 4.78 is 9.60. The standard InChI is InChI=1S/C10H13NO2.C8H8.C7H10O3.C4H6O2/c12-9-6-7-10(13)11(9)8-4-2-1-3-5-8;1-2-8-6-4-3-5-7-8;1-5(2)7(8)10-4-6-3-9-6;1-3(2)4(5)6/h6-8H,1-5H2;2-7H,1H2;6H,1,3-4H2,2H3;1H2,2H3,(H,5,6). The van der Waals surface area contributed by atoms with Gasteiger partial charge in [-0.1, -0.05) is 75.4 Å². The summed E-state index contributed by atoms with van der Waals surface area (Å²) in [5.74, 6) is -1.53. The second kappa shape index (κ2) is 16.8. The highest BCUT2D eigenvalue weighted by Gasteiger charge is 2.31. The molecular formula is C29H37NO7. The highest BCUT2D eigenvalue weighted by atomic mass is 16.6. The minimum Gasteiger partial charge on any atom is -0.478 e. The molecule has 1 atom stereocenters. The number of hydrogen-bond donors (Lipinski definition) is 1. The van der Waals surface area contributed by atoms with E-state index < -0.39 is 5.97 Å². The van der Waals surface area contributed by atoms with E-state index in [1.165, 1.54) is 36.0 Å². The van der Waals surface area contributed by atoms with Crippen LogP contribution < -0.4 is 0 Å². The molecule has 1 aromatic rings. The van der Waals surface area contributed by atoms with Crippen LogP contribution in [-0.4, -0.2) is 59.1 Å². The molecule has 2 fully saturated rings. The van der Waals surface area contributed by atoms with E-state index in [1.54, 1.807) is 6.92 Å². The SMILES string of the molecule is C=C(C)C(=O)O.C=C(C)C(=O)OCC1CO1.C=Cc1ccccc1.O=C1C=CC(=O)N1C1CCCCC1. The number of hydrogen-bond acceptors (Lipinski definition) is 6. The zero-order valence-corrected chi connectivity index (χ0v) is 21.7. The molecule has 1 aliphatic carbocycles. The molecule has 200 valence electrons. The van der Waals surface area contributed by atoms with Crippen molar-refractivity contribution in [2.45, 2.75) is 58.1 Å². The number of amides is 2. The van der Waals surface area contributed by atoms with Crippen LogP contribution in [0.4, 0.5) is 0 Å². The summed E-state index contributed by atoms with van der Waals surface area (Å²) in [6.07, 6.45) is 10.2. The van der Waals surface area contributed by atoms with E-state index in [4.69, 9.17) is 14.6 Å². The van der Waals surface area contributed by atoms with Gasteiger partial charge in [0, 0.05) is 29.3 Å². The van der Waals surface area contributed by atoms with Crippen molar-refractivity contribution >= 4 is 29.8 Å². The minimum atomic E-state index is -0.935. The maximum Gasteiger partial charge on any atom is 0.333 e. The number of benzene rings is 1. The van der Waals surface area contributed by atoms with Gasteiger partial charge in [0.15, 0.2) is 0 Å². The monoisotopic (exact) mass is 511 g/mol. The van der Waals surface area contributed by atoms with Gasteiger partial charge in [-0.3, -0.25) is 14.5 Å². The molecule has 2 heterocycles. The molecule has 4 rings (SSSR count). The molecule has 37 heavy (non-hydrogen) atoms. The molecule has 2 aliphatic heterocycles. The quantitative estimate of drug-likeness (QED) is 0.254. The highest BCUT2D eigenvalue weighted by molar-refractivity contribution is 6.13. The van der Waals surface area contributed by atoms with Gasteiger partial charge < -0.3 is 14.6 Å². The Kier molecular flexibility index (Phi) is 14.2. The van der Waals surface area contributed by atoms with Crippen LogP contribution in [0.25, 0.3) is 6.08 Å². The lowest BCUT2D eigenvalue weighted by Gasteiger charge is -2.29. The Morgan fingerprint density at radius 1 is 1.03 bits per heavy atom. The normalized spacial score (nSPS) is 17.6. The van der Waals surface area contributed by atoms with E-state index in [2.05, 4.69) is 19.7 Å². The third-order valence-corrected chi connectivity index (χ3v) is 5.33. The van der Waals surface area contributed by atoms with E-state index in [0.29, 0.717) is 18.8 Å². The number of carboxylic acid groups (broad SMARTS) is 1. The lowest BCUT2D eigenvalue weighted by molar-refractivity contribution is -0.141. The molecule has 0 spiro atoms.